The SMILES string of the molecule is CCCN(Cc1cccn1C)C(=O)c1cc(C(F)(F)F)cc(C(F)(F)F)c1. The lowest BCUT2D eigenvalue weighted by molar-refractivity contribution is -0.143. The molecule has 1 aromatic heterocycles. The zero-order valence-electron chi connectivity index (χ0n) is 14.7. The molecule has 0 aliphatic heterocycles. The average Bonchev–Trinajstić information content (AvgIpc) is 2.96. The van der Waals surface area contributed by atoms with Crippen molar-refractivity contribution in [3.8, 4) is 0 Å². The number of benzene rings is 1. The summed E-state index contributed by atoms with van der Waals surface area (Å²) in [6.45, 7) is 2.04. The Morgan fingerprint density at radius 2 is 1.59 bits per heavy atom. The van der Waals surface area contributed by atoms with E-state index in [1.165, 1.54) is 4.90 Å². The molecule has 0 saturated carbocycles. The van der Waals surface area contributed by atoms with Crippen LogP contribution < -0.4 is 0 Å². The molecule has 0 atom stereocenters. The summed E-state index contributed by atoms with van der Waals surface area (Å²) in [5, 5.41) is 0. The summed E-state index contributed by atoms with van der Waals surface area (Å²) in [5.41, 5.74) is -2.94. The molecule has 0 spiro atoms. The van der Waals surface area contributed by atoms with E-state index in [-0.39, 0.29) is 19.2 Å². The molecule has 0 saturated heterocycles. The second-order valence-corrected chi connectivity index (χ2v) is 6.13. The lowest BCUT2D eigenvalue weighted by atomic mass is 10.0. The van der Waals surface area contributed by atoms with Crippen LogP contribution in [0.1, 0.15) is 40.5 Å². The lowest BCUT2D eigenvalue weighted by Gasteiger charge is -2.23. The minimum absolute atomic E-state index is 0.0120. The number of aryl methyl sites for hydroxylation is 1. The quantitative estimate of drug-likeness (QED) is 0.649. The normalized spacial score (nSPS) is 12.3. The second kappa shape index (κ2) is 7.66. The van der Waals surface area contributed by atoms with Gasteiger partial charge in [0.05, 0.1) is 17.7 Å². The van der Waals surface area contributed by atoms with Gasteiger partial charge in [-0.2, -0.15) is 26.3 Å². The van der Waals surface area contributed by atoms with Crippen LogP contribution in [0.25, 0.3) is 0 Å². The number of halogens is 6. The lowest BCUT2D eigenvalue weighted by Crippen LogP contribution is -2.32. The molecule has 148 valence electrons. The van der Waals surface area contributed by atoms with E-state index in [4.69, 9.17) is 0 Å². The molecular weight excluding hydrogens is 374 g/mol. The molecule has 1 aromatic carbocycles. The van der Waals surface area contributed by atoms with Crippen LogP contribution in [-0.4, -0.2) is 21.9 Å². The monoisotopic (exact) mass is 392 g/mol. The number of hydrogen-bond donors (Lipinski definition) is 0. The van der Waals surface area contributed by atoms with E-state index in [0.29, 0.717) is 24.2 Å². The predicted molar refractivity (Wildman–Crippen MR) is 86.9 cm³/mol. The zero-order valence-corrected chi connectivity index (χ0v) is 14.7. The van der Waals surface area contributed by atoms with Crippen molar-refractivity contribution < 1.29 is 31.1 Å². The van der Waals surface area contributed by atoms with Gasteiger partial charge in [0.1, 0.15) is 0 Å². The van der Waals surface area contributed by atoms with Gasteiger partial charge in [-0.25, -0.2) is 0 Å². The highest BCUT2D eigenvalue weighted by Gasteiger charge is 2.37. The van der Waals surface area contributed by atoms with Crippen LogP contribution >= 0.6 is 0 Å². The van der Waals surface area contributed by atoms with Crippen LogP contribution in [0.15, 0.2) is 36.5 Å². The third-order valence-corrected chi connectivity index (χ3v) is 4.02. The molecule has 2 aromatic rings. The fourth-order valence-corrected chi connectivity index (χ4v) is 2.64. The van der Waals surface area contributed by atoms with Crippen molar-refractivity contribution in [3.63, 3.8) is 0 Å². The second-order valence-electron chi connectivity index (χ2n) is 6.13. The number of hydrogen-bond acceptors (Lipinski definition) is 1. The maximum Gasteiger partial charge on any atom is 0.416 e. The number of rotatable bonds is 5. The summed E-state index contributed by atoms with van der Waals surface area (Å²) in [5.74, 6) is -0.880. The first-order valence-electron chi connectivity index (χ1n) is 8.12. The number of alkyl halides is 6. The maximum absolute atomic E-state index is 13.0. The van der Waals surface area contributed by atoms with Gasteiger partial charge in [-0.1, -0.05) is 6.92 Å². The molecule has 1 amide bonds. The molecule has 0 bridgehead atoms. The number of nitrogens with zero attached hydrogens (tertiary/aromatic N) is 2. The van der Waals surface area contributed by atoms with Gasteiger partial charge >= 0.3 is 12.4 Å². The van der Waals surface area contributed by atoms with E-state index in [1.807, 2.05) is 0 Å². The molecule has 9 heteroatoms. The molecule has 0 radical (unpaired) electrons. The largest absolute Gasteiger partial charge is 0.416 e. The first-order chi connectivity index (χ1) is 12.4. The summed E-state index contributed by atoms with van der Waals surface area (Å²) in [6.07, 6.45) is -7.76. The van der Waals surface area contributed by atoms with Crippen LogP contribution in [0.2, 0.25) is 0 Å². The Kier molecular flexibility index (Phi) is 5.91. The maximum atomic E-state index is 13.0. The van der Waals surface area contributed by atoms with Gasteiger partial charge in [0.25, 0.3) is 5.91 Å². The van der Waals surface area contributed by atoms with E-state index in [2.05, 4.69) is 0 Å². The van der Waals surface area contributed by atoms with Gasteiger partial charge in [-0.15, -0.1) is 0 Å². The van der Waals surface area contributed by atoms with Crippen molar-refractivity contribution in [2.45, 2.75) is 32.2 Å². The number of aromatic nitrogens is 1. The Balaban J connectivity index is 2.46. The van der Waals surface area contributed by atoms with E-state index in [1.54, 1.807) is 36.9 Å². The Labute approximate surface area is 152 Å². The Hall–Kier alpha value is -2.45. The minimum atomic E-state index is -5.00. The van der Waals surface area contributed by atoms with E-state index < -0.39 is 35.0 Å². The molecule has 3 nitrogen and oxygen atoms in total. The molecule has 0 aliphatic carbocycles. The highest BCUT2D eigenvalue weighted by atomic mass is 19.4. The minimum Gasteiger partial charge on any atom is -0.353 e. The topological polar surface area (TPSA) is 25.2 Å². The van der Waals surface area contributed by atoms with E-state index in [0.717, 1.165) is 0 Å². The van der Waals surface area contributed by atoms with Crippen LogP contribution in [0.5, 0.6) is 0 Å². The van der Waals surface area contributed by atoms with Crippen LogP contribution in [0, 0.1) is 0 Å². The van der Waals surface area contributed by atoms with Gasteiger partial charge in [-0.3, -0.25) is 4.79 Å². The van der Waals surface area contributed by atoms with Crippen molar-refractivity contribution in [1.82, 2.24) is 9.47 Å². The fraction of sp³-hybridized carbons (Fsp3) is 0.389. The molecule has 0 fully saturated rings. The van der Waals surface area contributed by atoms with Gasteiger partial charge in [0.15, 0.2) is 0 Å². The third kappa shape index (κ3) is 5.05. The molecule has 0 N–H and O–H groups in total. The van der Waals surface area contributed by atoms with Gasteiger partial charge < -0.3 is 9.47 Å². The summed E-state index contributed by atoms with van der Waals surface area (Å²) < 4.78 is 79.8. The van der Waals surface area contributed by atoms with Crippen LogP contribution in [0.3, 0.4) is 0 Å². The zero-order chi connectivity index (χ0) is 20.4. The first kappa shape index (κ1) is 20.9. The highest BCUT2D eigenvalue weighted by Crippen LogP contribution is 2.36. The van der Waals surface area contributed by atoms with Crippen molar-refractivity contribution >= 4 is 5.91 Å². The molecule has 0 unspecified atom stereocenters. The van der Waals surface area contributed by atoms with Crippen molar-refractivity contribution in [1.29, 1.82) is 0 Å². The summed E-state index contributed by atoms with van der Waals surface area (Å²) in [7, 11) is 1.73. The highest BCUT2D eigenvalue weighted by molar-refractivity contribution is 5.94. The molecular formula is C18H18F6N2O. The number of amides is 1. The smallest absolute Gasteiger partial charge is 0.353 e. The van der Waals surface area contributed by atoms with Gasteiger partial charge in [-0.05, 0) is 36.8 Å². The molecule has 1 heterocycles. The molecule has 27 heavy (non-hydrogen) atoms. The Morgan fingerprint density at radius 3 is 2.00 bits per heavy atom. The Bertz CT molecular complexity index is 775. The fourth-order valence-electron chi connectivity index (χ4n) is 2.64. The van der Waals surface area contributed by atoms with E-state index in [9.17, 15) is 31.1 Å². The van der Waals surface area contributed by atoms with Crippen molar-refractivity contribution in [3.05, 3.63) is 58.9 Å². The van der Waals surface area contributed by atoms with Crippen LogP contribution in [0.4, 0.5) is 26.3 Å². The number of carbonyl (C=O) groups excluding carboxylic acids is 1. The third-order valence-electron chi connectivity index (χ3n) is 4.02. The van der Waals surface area contributed by atoms with E-state index >= 15 is 0 Å². The van der Waals surface area contributed by atoms with Crippen molar-refractivity contribution in [2.75, 3.05) is 6.54 Å². The average molecular weight is 392 g/mol. The standard InChI is InChI=1S/C18H18F6N2O/c1-3-6-26(11-15-5-4-7-25(15)2)16(27)12-8-13(17(19,20)21)10-14(9-12)18(22,23)24/h4-5,7-10H,3,6,11H2,1-2H3. The summed E-state index contributed by atoms with van der Waals surface area (Å²) in [4.78, 5) is 14.0. The number of carbonyl (C=O) groups is 1. The van der Waals surface area contributed by atoms with Gasteiger partial charge in [0.2, 0.25) is 0 Å². The Morgan fingerprint density at radius 1 is 1.04 bits per heavy atom. The molecule has 2 rings (SSSR count). The molecule has 0 aliphatic rings. The predicted octanol–water partition coefficient (Wildman–Crippen LogP) is 5.12. The van der Waals surface area contributed by atoms with Gasteiger partial charge in [0, 0.05) is 31.0 Å². The summed E-state index contributed by atoms with van der Waals surface area (Å²) in [6, 6.07) is 4.40. The van der Waals surface area contributed by atoms with Crippen LogP contribution in [-0.2, 0) is 25.9 Å². The van der Waals surface area contributed by atoms with Crippen molar-refractivity contribution in [2.24, 2.45) is 7.05 Å². The summed E-state index contributed by atoms with van der Waals surface area (Å²) >= 11 is 0. The first-order valence-corrected chi connectivity index (χ1v) is 8.12.